The van der Waals surface area contributed by atoms with Gasteiger partial charge in [0.2, 0.25) is 11.9 Å². The summed E-state index contributed by atoms with van der Waals surface area (Å²) in [6.45, 7) is 2.21. The van der Waals surface area contributed by atoms with Gasteiger partial charge in [0.25, 0.3) is 0 Å². The third-order valence-electron chi connectivity index (χ3n) is 3.85. The lowest BCUT2D eigenvalue weighted by Gasteiger charge is -2.27. The lowest BCUT2D eigenvalue weighted by Crippen LogP contribution is -2.44. The Kier molecular flexibility index (Phi) is 4.18. The fraction of sp³-hybridized carbons (Fsp3) is 0.538. The number of carbonyl (C=O) groups excluding carboxylic acids is 1. The molecule has 0 aromatic carbocycles. The van der Waals surface area contributed by atoms with Crippen LogP contribution in [0.3, 0.4) is 0 Å². The van der Waals surface area contributed by atoms with E-state index in [1.807, 2.05) is 0 Å². The molecule has 0 bridgehead atoms. The van der Waals surface area contributed by atoms with Crippen LogP contribution in [0.2, 0.25) is 5.15 Å². The van der Waals surface area contributed by atoms with Crippen LogP contribution in [0.25, 0.3) is 11.2 Å². The van der Waals surface area contributed by atoms with Crippen LogP contribution >= 0.6 is 11.6 Å². The summed E-state index contributed by atoms with van der Waals surface area (Å²) in [5.74, 6) is -0.407. The lowest BCUT2D eigenvalue weighted by molar-refractivity contribution is -0.114. The normalized spacial score (nSPS) is 30.0. The number of rotatable bonds is 3. The number of aliphatic hydroxyl groups is 3. The molecule has 3 heterocycles. The number of nitrogens with one attached hydrogen (secondary N) is 1. The predicted molar refractivity (Wildman–Crippen MR) is 82.3 cm³/mol. The summed E-state index contributed by atoms with van der Waals surface area (Å²) in [6, 6.07) is 0. The number of carbonyl (C=O) groups is 1. The second-order valence-corrected chi connectivity index (χ2v) is 6.08. The van der Waals surface area contributed by atoms with Gasteiger partial charge in [-0.3, -0.25) is 14.7 Å². The van der Waals surface area contributed by atoms with Crippen LogP contribution in [0.4, 0.5) is 5.95 Å². The second-order valence-electron chi connectivity index (χ2n) is 5.72. The first-order valence-electron chi connectivity index (χ1n) is 7.10. The summed E-state index contributed by atoms with van der Waals surface area (Å²) in [7, 11) is 0. The minimum Gasteiger partial charge on any atom is -0.394 e. The average molecular weight is 358 g/mol. The van der Waals surface area contributed by atoms with Crippen molar-refractivity contribution in [2.45, 2.75) is 37.9 Å². The first-order valence-corrected chi connectivity index (χ1v) is 7.48. The SMILES string of the molecule is CC(=O)Nc1nc(Cl)c2ncn([C@@H]3O[C@H](CO)[C@@H](O)[C@]3(C)O)c2n1. The second kappa shape index (κ2) is 5.90. The topological polar surface area (TPSA) is 143 Å². The van der Waals surface area contributed by atoms with Crippen molar-refractivity contribution in [3.8, 4) is 0 Å². The van der Waals surface area contributed by atoms with Crippen molar-refractivity contribution in [1.29, 1.82) is 0 Å². The Hall–Kier alpha value is -1.85. The number of aromatic nitrogens is 4. The van der Waals surface area contributed by atoms with E-state index in [1.165, 1.54) is 24.7 Å². The van der Waals surface area contributed by atoms with Gasteiger partial charge in [-0.1, -0.05) is 11.6 Å². The maximum atomic E-state index is 11.2. The molecule has 130 valence electrons. The highest BCUT2D eigenvalue weighted by Crippen LogP contribution is 2.39. The molecule has 0 saturated carbocycles. The molecule has 11 heteroatoms. The highest BCUT2D eigenvalue weighted by atomic mass is 35.5. The molecular weight excluding hydrogens is 342 g/mol. The van der Waals surface area contributed by atoms with E-state index in [0.29, 0.717) is 0 Å². The van der Waals surface area contributed by atoms with Gasteiger partial charge in [-0.05, 0) is 6.92 Å². The van der Waals surface area contributed by atoms with Crippen LogP contribution in [-0.4, -0.2) is 65.2 Å². The number of hydrogen-bond acceptors (Lipinski definition) is 8. The third kappa shape index (κ3) is 2.62. The minimum atomic E-state index is -1.70. The number of ether oxygens (including phenoxy) is 1. The molecule has 4 atom stereocenters. The molecule has 24 heavy (non-hydrogen) atoms. The zero-order valence-corrected chi connectivity index (χ0v) is 13.6. The predicted octanol–water partition coefficient (Wildman–Crippen LogP) is -0.560. The molecule has 3 rings (SSSR count). The van der Waals surface area contributed by atoms with Crippen molar-refractivity contribution in [1.82, 2.24) is 19.5 Å². The van der Waals surface area contributed by atoms with E-state index in [0.717, 1.165) is 0 Å². The number of nitrogens with zero attached hydrogens (tertiary/aromatic N) is 4. The fourth-order valence-corrected chi connectivity index (χ4v) is 2.87. The molecule has 2 aromatic rings. The van der Waals surface area contributed by atoms with E-state index in [4.69, 9.17) is 16.3 Å². The zero-order chi connectivity index (χ0) is 17.6. The molecule has 2 aromatic heterocycles. The molecule has 1 amide bonds. The van der Waals surface area contributed by atoms with Gasteiger partial charge in [0.15, 0.2) is 17.0 Å². The number of anilines is 1. The van der Waals surface area contributed by atoms with Gasteiger partial charge in [0, 0.05) is 6.92 Å². The van der Waals surface area contributed by atoms with Crippen molar-refractivity contribution in [3.05, 3.63) is 11.5 Å². The summed E-state index contributed by atoms with van der Waals surface area (Å²) in [6.07, 6.45) is -2.01. The minimum absolute atomic E-state index is 0.0133. The van der Waals surface area contributed by atoms with Crippen molar-refractivity contribution in [3.63, 3.8) is 0 Å². The molecule has 4 N–H and O–H groups in total. The third-order valence-corrected chi connectivity index (χ3v) is 4.12. The van der Waals surface area contributed by atoms with Crippen molar-refractivity contribution >= 4 is 34.6 Å². The monoisotopic (exact) mass is 357 g/mol. The van der Waals surface area contributed by atoms with Gasteiger partial charge in [-0.25, -0.2) is 4.98 Å². The van der Waals surface area contributed by atoms with Crippen LogP contribution in [-0.2, 0) is 9.53 Å². The van der Waals surface area contributed by atoms with E-state index in [2.05, 4.69) is 20.3 Å². The Morgan fingerprint density at radius 2 is 2.25 bits per heavy atom. The molecule has 1 saturated heterocycles. The number of aliphatic hydroxyl groups excluding tert-OH is 2. The van der Waals surface area contributed by atoms with E-state index in [-0.39, 0.29) is 28.2 Å². The van der Waals surface area contributed by atoms with E-state index >= 15 is 0 Å². The average Bonchev–Trinajstić information content (AvgIpc) is 2.99. The number of fused-ring (bicyclic) bond motifs is 1. The van der Waals surface area contributed by atoms with Gasteiger partial charge in [0.05, 0.1) is 12.9 Å². The van der Waals surface area contributed by atoms with Crippen molar-refractivity contribution in [2.75, 3.05) is 11.9 Å². The Bertz CT molecular complexity index is 794. The van der Waals surface area contributed by atoms with Crippen LogP contribution in [0.5, 0.6) is 0 Å². The number of imidazole rings is 1. The molecule has 0 unspecified atom stereocenters. The van der Waals surface area contributed by atoms with Crippen LogP contribution < -0.4 is 5.32 Å². The maximum Gasteiger partial charge on any atom is 0.232 e. The van der Waals surface area contributed by atoms with Gasteiger partial charge in [-0.15, -0.1) is 0 Å². The first kappa shape index (κ1) is 17.0. The standard InChI is InChI=1S/C13H16ClN5O5/c1-5(21)16-12-17-9(14)7-10(18-12)19(4-15-7)11-13(2,23)8(22)6(3-20)24-11/h4,6,8,11,20,22-23H,3H2,1-2H3,(H,16,17,18,21)/t6-,8-,11-,13+/m1/s1. The van der Waals surface area contributed by atoms with Gasteiger partial charge in [0.1, 0.15) is 23.3 Å². The Morgan fingerprint density at radius 1 is 1.54 bits per heavy atom. The Morgan fingerprint density at radius 3 is 2.83 bits per heavy atom. The molecule has 1 aliphatic rings. The number of hydrogen-bond donors (Lipinski definition) is 4. The van der Waals surface area contributed by atoms with E-state index < -0.39 is 30.6 Å². The lowest BCUT2D eigenvalue weighted by atomic mass is 9.96. The summed E-state index contributed by atoms with van der Waals surface area (Å²) >= 11 is 6.05. The Labute approximate surface area is 141 Å². The molecule has 0 aliphatic carbocycles. The molecule has 0 radical (unpaired) electrons. The maximum absolute atomic E-state index is 11.2. The largest absolute Gasteiger partial charge is 0.394 e. The van der Waals surface area contributed by atoms with E-state index in [1.54, 1.807) is 0 Å². The number of amides is 1. The summed E-state index contributed by atoms with van der Waals surface area (Å²) < 4.78 is 6.90. The molecule has 1 aliphatic heterocycles. The summed E-state index contributed by atoms with van der Waals surface area (Å²) in [4.78, 5) is 23.3. The van der Waals surface area contributed by atoms with Gasteiger partial charge in [-0.2, -0.15) is 9.97 Å². The number of halogens is 1. The van der Waals surface area contributed by atoms with Crippen molar-refractivity contribution < 1.29 is 24.9 Å². The quantitative estimate of drug-likeness (QED) is 0.535. The van der Waals surface area contributed by atoms with E-state index in [9.17, 15) is 20.1 Å². The fourth-order valence-electron chi connectivity index (χ4n) is 2.66. The summed E-state index contributed by atoms with van der Waals surface area (Å²) in [5, 5.41) is 32.4. The van der Waals surface area contributed by atoms with Gasteiger partial charge < -0.3 is 20.1 Å². The molecule has 10 nitrogen and oxygen atoms in total. The Balaban J connectivity index is 2.10. The van der Waals surface area contributed by atoms with Crippen LogP contribution in [0.1, 0.15) is 20.1 Å². The molecule has 0 spiro atoms. The van der Waals surface area contributed by atoms with Crippen LogP contribution in [0.15, 0.2) is 6.33 Å². The van der Waals surface area contributed by atoms with Crippen molar-refractivity contribution in [2.24, 2.45) is 0 Å². The van der Waals surface area contributed by atoms with Crippen LogP contribution in [0, 0.1) is 0 Å². The first-order chi connectivity index (χ1) is 11.3. The summed E-state index contributed by atoms with van der Waals surface area (Å²) in [5.41, 5.74) is -1.26. The molecular formula is C13H16ClN5O5. The highest BCUT2D eigenvalue weighted by molar-refractivity contribution is 6.33. The highest BCUT2D eigenvalue weighted by Gasteiger charge is 2.53. The van der Waals surface area contributed by atoms with Gasteiger partial charge >= 0.3 is 0 Å². The zero-order valence-electron chi connectivity index (χ0n) is 12.8. The molecule has 1 fully saturated rings. The smallest absolute Gasteiger partial charge is 0.232 e.